The minimum atomic E-state index is -0.755. The lowest BCUT2D eigenvalue weighted by Crippen LogP contribution is -2.48. The predicted molar refractivity (Wildman–Crippen MR) is 61.1 cm³/mol. The van der Waals surface area contributed by atoms with Crippen molar-refractivity contribution in [1.29, 1.82) is 0 Å². The van der Waals surface area contributed by atoms with Crippen LogP contribution in [-0.4, -0.2) is 49.0 Å². The lowest BCUT2D eigenvalue weighted by molar-refractivity contribution is -0.142. The Kier molecular flexibility index (Phi) is 6.69. The van der Waals surface area contributed by atoms with E-state index < -0.39 is 12.1 Å². The second-order valence-corrected chi connectivity index (χ2v) is 3.47. The Hall–Kier alpha value is -1.79. The normalized spacial score (nSPS) is 11.5. The number of methoxy groups -OCH3 is 1. The third kappa shape index (κ3) is 5.74. The van der Waals surface area contributed by atoms with E-state index in [9.17, 15) is 14.4 Å². The standard InChI is InChI=1S/C10H19N3O4/c1-4-13(6-5-8(14)17-3)9(15)7(2)12-10(11)16/h7H,4-6H2,1-3H3,(H3,11,12,16). The van der Waals surface area contributed by atoms with Crippen molar-refractivity contribution < 1.29 is 19.1 Å². The molecule has 0 fully saturated rings. The summed E-state index contributed by atoms with van der Waals surface area (Å²) in [4.78, 5) is 34.8. The van der Waals surface area contributed by atoms with Crippen molar-refractivity contribution in [2.24, 2.45) is 5.73 Å². The second-order valence-electron chi connectivity index (χ2n) is 3.47. The molecule has 0 aliphatic carbocycles. The van der Waals surface area contributed by atoms with E-state index >= 15 is 0 Å². The van der Waals surface area contributed by atoms with Crippen LogP contribution in [0.4, 0.5) is 4.79 Å². The maximum Gasteiger partial charge on any atom is 0.312 e. The number of primary amides is 1. The molecule has 7 heteroatoms. The molecule has 0 aliphatic rings. The van der Waals surface area contributed by atoms with E-state index in [1.807, 2.05) is 0 Å². The SMILES string of the molecule is CCN(CCC(=O)OC)C(=O)C(C)NC(N)=O. The molecule has 0 aromatic rings. The zero-order chi connectivity index (χ0) is 13.4. The third-order valence-corrected chi connectivity index (χ3v) is 2.24. The summed E-state index contributed by atoms with van der Waals surface area (Å²) < 4.78 is 4.48. The number of likely N-dealkylation sites (N-methyl/N-ethyl adjacent to an activating group) is 1. The lowest BCUT2D eigenvalue weighted by Gasteiger charge is -2.24. The van der Waals surface area contributed by atoms with Crippen molar-refractivity contribution in [3.05, 3.63) is 0 Å². The highest BCUT2D eigenvalue weighted by atomic mass is 16.5. The largest absolute Gasteiger partial charge is 0.469 e. The maximum absolute atomic E-state index is 11.8. The monoisotopic (exact) mass is 245 g/mol. The number of nitrogens with zero attached hydrogens (tertiary/aromatic N) is 1. The summed E-state index contributed by atoms with van der Waals surface area (Å²) in [5, 5.41) is 2.29. The number of nitrogens with two attached hydrogens (primary N) is 1. The molecule has 98 valence electrons. The van der Waals surface area contributed by atoms with Crippen LogP contribution < -0.4 is 11.1 Å². The van der Waals surface area contributed by atoms with Gasteiger partial charge in [0.15, 0.2) is 0 Å². The van der Waals surface area contributed by atoms with Gasteiger partial charge < -0.3 is 20.7 Å². The summed E-state index contributed by atoms with van der Waals surface area (Å²) in [6.45, 7) is 4.02. The molecule has 0 bridgehead atoms. The molecule has 17 heavy (non-hydrogen) atoms. The van der Waals surface area contributed by atoms with E-state index in [1.165, 1.54) is 18.9 Å². The highest BCUT2D eigenvalue weighted by Gasteiger charge is 2.20. The molecule has 0 saturated heterocycles. The van der Waals surface area contributed by atoms with Gasteiger partial charge in [0.1, 0.15) is 6.04 Å². The Bertz CT molecular complexity index is 293. The topological polar surface area (TPSA) is 102 Å². The van der Waals surface area contributed by atoms with Gasteiger partial charge in [0, 0.05) is 13.1 Å². The lowest BCUT2D eigenvalue weighted by atomic mass is 10.2. The van der Waals surface area contributed by atoms with Crippen LogP contribution in [0.15, 0.2) is 0 Å². The third-order valence-electron chi connectivity index (χ3n) is 2.24. The molecule has 0 radical (unpaired) electrons. The molecule has 0 aliphatic heterocycles. The van der Waals surface area contributed by atoms with Gasteiger partial charge in [-0.05, 0) is 13.8 Å². The van der Waals surface area contributed by atoms with E-state index in [0.717, 1.165) is 0 Å². The molecular formula is C10H19N3O4. The van der Waals surface area contributed by atoms with Gasteiger partial charge in [-0.3, -0.25) is 9.59 Å². The fourth-order valence-electron chi connectivity index (χ4n) is 1.30. The van der Waals surface area contributed by atoms with E-state index in [1.54, 1.807) is 6.92 Å². The van der Waals surface area contributed by atoms with Gasteiger partial charge in [0.05, 0.1) is 13.5 Å². The van der Waals surface area contributed by atoms with Crippen molar-refractivity contribution in [3.8, 4) is 0 Å². The van der Waals surface area contributed by atoms with Gasteiger partial charge in [-0.2, -0.15) is 0 Å². The van der Waals surface area contributed by atoms with Crippen LogP contribution in [0.25, 0.3) is 0 Å². The molecule has 3 N–H and O–H groups in total. The van der Waals surface area contributed by atoms with Gasteiger partial charge in [-0.25, -0.2) is 4.79 Å². The predicted octanol–water partition coefficient (Wildman–Crippen LogP) is -0.545. The molecule has 1 unspecified atom stereocenters. The number of ether oxygens (including phenoxy) is 1. The number of urea groups is 1. The van der Waals surface area contributed by atoms with Crippen molar-refractivity contribution in [2.45, 2.75) is 26.3 Å². The quantitative estimate of drug-likeness (QED) is 0.613. The number of esters is 1. The molecule has 0 aromatic carbocycles. The van der Waals surface area contributed by atoms with E-state index in [4.69, 9.17) is 5.73 Å². The number of hydrogen-bond acceptors (Lipinski definition) is 4. The van der Waals surface area contributed by atoms with Gasteiger partial charge in [0.2, 0.25) is 5.91 Å². The minimum Gasteiger partial charge on any atom is -0.469 e. The Labute approximate surface area is 100 Å². The molecule has 0 saturated carbocycles. The van der Waals surface area contributed by atoms with Crippen molar-refractivity contribution in [3.63, 3.8) is 0 Å². The van der Waals surface area contributed by atoms with E-state index in [-0.39, 0.29) is 24.8 Å². The van der Waals surface area contributed by atoms with Crippen LogP contribution in [0.5, 0.6) is 0 Å². The zero-order valence-corrected chi connectivity index (χ0v) is 10.4. The molecule has 0 spiro atoms. The van der Waals surface area contributed by atoms with Gasteiger partial charge >= 0.3 is 12.0 Å². The number of carbonyl (C=O) groups is 3. The highest BCUT2D eigenvalue weighted by molar-refractivity contribution is 5.86. The molecule has 0 rings (SSSR count). The van der Waals surface area contributed by atoms with Crippen LogP contribution in [0.2, 0.25) is 0 Å². The van der Waals surface area contributed by atoms with Crippen molar-refractivity contribution in [2.75, 3.05) is 20.2 Å². The first kappa shape index (κ1) is 15.2. The second kappa shape index (κ2) is 7.48. The fraction of sp³-hybridized carbons (Fsp3) is 0.700. The van der Waals surface area contributed by atoms with Gasteiger partial charge in [-0.15, -0.1) is 0 Å². The molecule has 0 aromatic heterocycles. The minimum absolute atomic E-state index is 0.124. The first-order valence-corrected chi connectivity index (χ1v) is 5.33. The average molecular weight is 245 g/mol. The van der Waals surface area contributed by atoms with Crippen molar-refractivity contribution >= 4 is 17.9 Å². The van der Waals surface area contributed by atoms with Crippen LogP contribution >= 0.6 is 0 Å². The van der Waals surface area contributed by atoms with Crippen LogP contribution in [0.3, 0.4) is 0 Å². The molecule has 1 atom stereocenters. The van der Waals surface area contributed by atoms with Gasteiger partial charge in [0.25, 0.3) is 0 Å². The summed E-state index contributed by atoms with van der Waals surface area (Å²) in [6, 6.07) is -1.46. The van der Waals surface area contributed by atoms with E-state index in [2.05, 4.69) is 10.1 Å². The Balaban J connectivity index is 4.29. The molecular weight excluding hydrogens is 226 g/mol. The average Bonchev–Trinajstić information content (AvgIpc) is 2.28. The van der Waals surface area contributed by atoms with Crippen molar-refractivity contribution in [1.82, 2.24) is 10.2 Å². The zero-order valence-electron chi connectivity index (χ0n) is 10.4. The highest BCUT2D eigenvalue weighted by Crippen LogP contribution is 1.98. The number of hydrogen-bond donors (Lipinski definition) is 2. The van der Waals surface area contributed by atoms with Crippen LogP contribution in [0.1, 0.15) is 20.3 Å². The summed E-state index contributed by atoms with van der Waals surface area (Å²) >= 11 is 0. The van der Waals surface area contributed by atoms with E-state index in [0.29, 0.717) is 6.54 Å². The smallest absolute Gasteiger partial charge is 0.312 e. The Morgan fingerprint density at radius 1 is 1.41 bits per heavy atom. The summed E-state index contributed by atoms with van der Waals surface area (Å²) in [6.07, 6.45) is 0.124. The summed E-state index contributed by atoms with van der Waals surface area (Å²) in [7, 11) is 1.29. The number of rotatable bonds is 6. The first-order chi connectivity index (χ1) is 7.92. The fourth-order valence-corrected chi connectivity index (χ4v) is 1.30. The summed E-state index contributed by atoms with van der Waals surface area (Å²) in [5.74, 6) is -0.665. The van der Waals surface area contributed by atoms with Crippen LogP contribution in [0, 0.1) is 0 Å². The first-order valence-electron chi connectivity index (χ1n) is 5.33. The Morgan fingerprint density at radius 3 is 2.41 bits per heavy atom. The molecule has 3 amide bonds. The van der Waals surface area contributed by atoms with Gasteiger partial charge in [-0.1, -0.05) is 0 Å². The summed E-state index contributed by atoms with van der Waals surface area (Å²) in [5.41, 5.74) is 4.92. The number of nitrogens with one attached hydrogen (secondary N) is 1. The molecule has 7 nitrogen and oxygen atoms in total. The Morgan fingerprint density at radius 2 is 2.00 bits per heavy atom. The maximum atomic E-state index is 11.8. The molecule has 0 heterocycles. The number of amides is 3. The number of carbonyl (C=O) groups excluding carboxylic acids is 3. The van der Waals surface area contributed by atoms with Crippen LogP contribution in [-0.2, 0) is 14.3 Å².